The average molecular weight is 485 g/mol. The van der Waals surface area contributed by atoms with Gasteiger partial charge in [-0.25, -0.2) is 9.97 Å². The van der Waals surface area contributed by atoms with Gasteiger partial charge in [-0.2, -0.15) is 13.2 Å². The second-order valence-corrected chi connectivity index (χ2v) is 7.67. The van der Waals surface area contributed by atoms with Crippen LogP contribution in [0.15, 0.2) is 55.0 Å². The van der Waals surface area contributed by atoms with Crippen LogP contribution in [0.3, 0.4) is 0 Å². The molecule has 0 atom stereocenters. The van der Waals surface area contributed by atoms with Gasteiger partial charge in [-0.1, -0.05) is 6.07 Å². The van der Waals surface area contributed by atoms with E-state index in [1.165, 1.54) is 14.2 Å². The van der Waals surface area contributed by atoms with E-state index in [4.69, 9.17) is 14.2 Å². The van der Waals surface area contributed by atoms with Crippen molar-refractivity contribution in [2.24, 2.45) is 0 Å². The molecule has 10 heteroatoms. The Hall–Kier alpha value is -4.08. The highest BCUT2D eigenvalue weighted by Gasteiger charge is 2.30. The number of alkyl halides is 3. The Bertz CT molecular complexity index is 1360. The van der Waals surface area contributed by atoms with Crippen molar-refractivity contribution < 1.29 is 32.2 Å². The van der Waals surface area contributed by atoms with Gasteiger partial charge in [-0.15, -0.1) is 0 Å². The molecule has 0 amide bonds. The van der Waals surface area contributed by atoms with Gasteiger partial charge in [0.05, 0.1) is 44.5 Å². The van der Waals surface area contributed by atoms with Crippen LogP contribution in [0.4, 0.5) is 13.2 Å². The molecule has 0 aliphatic carbocycles. The first-order valence-corrected chi connectivity index (χ1v) is 10.6. The maximum Gasteiger partial charge on any atom is 0.389 e. The summed E-state index contributed by atoms with van der Waals surface area (Å²) in [6.45, 7) is 0. The highest BCUT2D eigenvalue weighted by Crippen LogP contribution is 2.36. The summed E-state index contributed by atoms with van der Waals surface area (Å²) in [6, 6.07) is 12.6. The SMILES string of the molecule is COc1cc(-c2ccc3c(c2)ncn3-c2cc(OC)c(C(=O)CCC(F)(F)F)c(OC)c2)ccn1. The number of fused-ring (bicyclic) bond motifs is 1. The molecule has 2 aromatic heterocycles. The lowest BCUT2D eigenvalue weighted by Gasteiger charge is -2.16. The maximum atomic E-state index is 12.6. The molecule has 0 saturated carbocycles. The van der Waals surface area contributed by atoms with E-state index in [1.54, 1.807) is 36.3 Å². The fraction of sp³-hybridized carbons (Fsp3) is 0.240. The van der Waals surface area contributed by atoms with Crippen LogP contribution >= 0.6 is 0 Å². The normalized spacial score (nSPS) is 11.5. The van der Waals surface area contributed by atoms with E-state index in [1.807, 2.05) is 30.3 Å². The zero-order chi connectivity index (χ0) is 25.2. The van der Waals surface area contributed by atoms with Crippen LogP contribution in [0.5, 0.6) is 17.4 Å². The molecule has 0 spiro atoms. The second-order valence-electron chi connectivity index (χ2n) is 7.67. The molecule has 4 aromatic rings. The van der Waals surface area contributed by atoms with Crippen molar-refractivity contribution in [2.45, 2.75) is 19.0 Å². The lowest BCUT2D eigenvalue weighted by Crippen LogP contribution is -2.13. The van der Waals surface area contributed by atoms with Crippen LogP contribution in [0.1, 0.15) is 23.2 Å². The number of imidazole rings is 1. The van der Waals surface area contributed by atoms with Crippen LogP contribution in [0, 0.1) is 0 Å². The van der Waals surface area contributed by atoms with Gasteiger partial charge in [0.1, 0.15) is 23.4 Å². The molecule has 2 heterocycles. The number of halogens is 3. The molecule has 2 aromatic carbocycles. The van der Waals surface area contributed by atoms with Crippen LogP contribution in [0.2, 0.25) is 0 Å². The number of Topliss-reactive ketones (excluding diaryl/α,β-unsaturated/α-hetero) is 1. The van der Waals surface area contributed by atoms with E-state index in [0.717, 1.165) is 16.6 Å². The zero-order valence-corrected chi connectivity index (χ0v) is 19.2. The Balaban J connectivity index is 1.73. The number of pyridine rings is 1. The number of methoxy groups -OCH3 is 3. The molecule has 0 N–H and O–H groups in total. The van der Waals surface area contributed by atoms with E-state index in [-0.39, 0.29) is 17.1 Å². The van der Waals surface area contributed by atoms with Gasteiger partial charge in [0, 0.05) is 30.8 Å². The summed E-state index contributed by atoms with van der Waals surface area (Å²) >= 11 is 0. The van der Waals surface area contributed by atoms with Gasteiger partial charge in [-0.05, 0) is 29.3 Å². The van der Waals surface area contributed by atoms with E-state index < -0.39 is 24.8 Å². The summed E-state index contributed by atoms with van der Waals surface area (Å²) < 4.78 is 55.6. The van der Waals surface area contributed by atoms with E-state index in [2.05, 4.69) is 9.97 Å². The zero-order valence-electron chi connectivity index (χ0n) is 19.2. The van der Waals surface area contributed by atoms with Gasteiger partial charge in [0.2, 0.25) is 5.88 Å². The van der Waals surface area contributed by atoms with Gasteiger partial charge in [0.25, 0.3) is 0 Å². The minimum absolute atomic E-state index is 0.0265. The lowest BCUT2D eigenvalue weighted by atomic mass is 10.0. The molecular weight excluding hydrogens is 463 g/mol. The average Bonchev–Trinajstić information content (AvgIpc) is 3.29. The third-order valence-electron chi connectivity index (χ3n) is 5.51. The van der Waals surface area contributed by atoms with E-state index in [9.17, 15) is 18.0 Å². The molecule has 35 heavy (non-hydrogen) atoms. The number of ether oxygens (including phenoxy) is 3. The minimum Gasteiger partial charge on any atom is -0.496 e. The fourth-order valence-corrected chi connectivity index (χ4v) is 3.79. The highest BCUT2D eigenvalue weighted by atomic mass is 19.4. The van der Waals surface area contributed by atoms with Crippen LogP contribution in [0.25, 0.3) is 27.8 Å². The number of hydrogen-bond acceptors (Lipinski definition) is 6. The van der Waals surface area contributed by atoms with Gasteiger partial charge in [0.15, 0.2) is 5.78 Å². The monoisotopic (exact) mass is 485 g/mol. The molecule has 0 unspecified atom stereocenters. The number of benzene rings is 2. The summed E-state index contributed by atoms with van der Waals surface area (Å²) in [6.07, 6.45) is -3.09. The maximum absolute atomic E-state index is 12.6. The summed E-state index contributed by atoms with van der Waals surface area (Å²) in [5.41, 5.74) is 3.87. The number of rotatable bonds is 8. The summed E-state index contributed by atoms with van der Waals surface area (Å²) in [7, 11) is 4.25. The molecule has 0 bridgehead atoms. The van der Waals surface area contributed by atoms with Crippen molar-refractivity contribution in [1.82, 2.24) is 14.5 Å². The number of carbonyl (C=O) groups is 1. The van der Waals surface area contributed by atoms with Crippen molar-refractivity contribution in [1.29, 1.82) is 0 Å². The number of ketones is 1. The first-order valence-electron chi connectivity index (χ1n) is 10.6. The molecule has 0 radical (unpaired) electrons. The van der Waals surface area contributed by atoms with E-state index in [0.29, 0.717) is 17.1 Å². The molecular formula is C25H22F3N3O4. The molecule has 0 aliphatic heterocycles. The number of nitrogens with zero attached hydrogens (tertiary/aromatic N) is 3. The summed E-state index contributed by atoms with van der Waals surface area (Å²) in [5, 5.41) is 0. The Labute approximate surface area is 199 Å². The Morgan fingerprint density at radius 1 is 0.914 bits per heavy atom. The quantitative estimate of drug-likeness (QED) is 0.301. The minimum atomic E-state index is -4.44. The van der Waals surface area contributed by atoms with Gasteiger partial charge < -0.3 is 14.2 Å². The van der Waals surface area contributed by atoms with Gasteiger partial charge in [-0.3, -0.25) is 9.36 Å². The van der Waals surface area contributed by atoms with Crippen molar-refractivity contribution in [3.63, 3.8) is 0 Å². The third kappa shape index (κ3) is 5.06. The lowest BCUT2D eigenvalue weighted by molar-refractivity contribution is -0.133. The Morgan fingerprint density at radius 2 is 1.60 bits per heavy atom. The van der Waals surface area contributed by atoms with Crippen LogP contribution in [-0.4, -0.2) is 47.8 Å². The smallest absolute Gasteiger partial charge is 0.389 e. The molecule has 0 fully saturated rings. The predicted molar refractivity (Wildman–Crippen MR) is 124 cm³/mol. The van der Waals surface area contributed by atoms with Gasteiger partial charge >= 0.3 is 6.18 Å². The van der Waals surface area contributed by atoms with Crippen LogP contribution < -0.4 is 14.2 Å². The fourth-order valence-electron chi connectivity index (χ4n) is 3.79. The van der Waals surface area contributed by atoms with Crippen molar-refractivity contribution in [2.75, 3.05) is 21.3 Å². The van der Waals surface area contributed by atoms with Crippen LogP contribution in [-0.2, 0) is 0 Å². The number of carbonyl (C=O) groups excluding carboxylic acids is 1. The first-order chi connectivity index (χ1) is 16.7. The molecule has 182 valence electrons. The van der Waals surface area contributed by atoms with E-state index >= 15 is 0 Å². The number of hydrogen-bond donors (Lipinski definition) is 0. The predicted octanol–water partition coefficient (Wildman–Crippen LogP) is 5.64. The molecule has 4 rings (SSSR count). The second kappa shape index (κ2) is 9.65. The van der Waals surface area contributed by atoms with Crippen molar-refractivity contribution in [3.05, 3.63) is 60.6 Å². The van der Waals surface area contributed by atoms with Crippen molar-refractivity contribution >= 4 is 16.8 Å². The topological polar surface area (TPSA) is 75.5 Å². The number of aromatic nitrogens is 3. The first kappa shape index (κ1) is 24.1. The Morgan fingerprint density at radius 3 is 2.23 bits per heavy atom. The third-order valence-corrected chi connectivity index (χ3v) is 5.51. The standard InChI is InChI=1S/C25H22F3N3O4/c1-33-21-12-17(13-22(34-2)24(21)20(32)6-8-25(26,27)28)31-14-30-18-10-15(4-5-19(18)31)16-7-9-29-23(11-16)35-3/h4-5,7,9-14H,6,8H2,1-3H3. The summed E-state index contributed by atoms with van der Waals surface area (Å²) in [5.74, 6) is 0.0235. The Kier molecular flexibility index (Phi) is 6.63. The largest absolute Gasteiger partial charge is 0.496 e. The molecule has 0 aliphatic rings. The molecule has 7 nitrogen and oxygen atoms in total. The summed E-state index contributed by atoms with van der Waals surface area (Å²) in [4.78, 5) is 21.2. The highest BCUT2D eigenvalue weighted by molar-refractivity contribution is 6.02. The molecule has 0 saturated heterocycles. The van der Waals surface area contributed by atoms with Crippen molar-refractivity contribution in [3.8, 4) is 34.2 Å².